The Hall–Kier alpha value is -2.08. The van der Waals surface area contributed by atoms with E-state index in [2.05, 4.69) is 29.7 Å². The van der Waals surface area contributed by atoms with E-state index in [0.29, 0.717) is 11.2 Å². The van der Waals surface area contributed by atoms with Gasteiger partial charge in [0.25, 0.3) is 0 Å². The minimum atomic E-state index is -0.706. The van der Waals surface area contributed by atoms with Crippen molar-refractivity contribution in [1.82, 2.24) is 5.32 Å². The number of methoxy groups -OCH3 is 1. The summed E-state index contributed by atoms with van der Waals surface area (Å²) in [5.74, 6) is 3.33. The van der Waals surface area contributed by atoms with Crippen molar-refractivity contribution in [3.63, 3.8) is 0 Å². The van der Waals surface area contributed by atoms with Gasteiger partial charge in [0.15, 0.2) is 5.11 Å². The lowest BCUT2D eigenvalue weighted by atomic mass is 9.74. The summed E-state index contributed by atoms with van der Waals surface area (Å²) < 4.78 is 5.20. The molecular weight excluding hydrogens is 408 g/mol. The van der Waals surface area contributed by atoms with Gasteiger partial charge in [-0.15, -0.1) is 0 Å². The maximum atomic E-state index is 10.6. The minimum Gasteiger partial charge on any atom is -0.497 e. The van der Waals surface area contributed by atoms with Crippen LogP contribution in [0.4, 0.5) is 5.69 Å². The molecule has 5 nitrogen and oxygen atoms in total. The van der Waals surface area contributed by atoms with Gasteiger partial charge in [0.1, 0.15) is 5.75 Å². The van der Waals surface area contributed by atoms with E-state index in [4.69, 9.17) is 22.1 Å². The Balaban J connectivity index is 1.45. The molecule has 2 saturated carbocycles. The summed E-state index contributed by atoms with van der Waals surface area (Å²) in [7, 11) is 1.66. The normalized spacial score (nSPS) is 25.5. The van der Waals surface area contributed by atoms with Crippen LogP contribution in [0.3, 0.4) is 0 Å². The van der Waals surface area contributed by atoms with Crippen LogP contribution in [0.2, 0.25) is 0 Å². The zero-order chi connectivity index (χ0) is 22.2. The second kappa shape index (κ2) is 11.5. The fourth-order valence-electron chi connectivity index (χ4n) is 5.54. The molecule has 0 heterocycles. The maximum Gasteiger partial charge on any atom is 0.303 e. The summed E-state index contributed by atoms with van der Waals surface area (Å²) in [6, 6.07) is 8.09. The molecule has 0 saturated heterocycles. The number of carboxylic acids is 1. The van der Waals surface area contributed by atoms with Crippen LogP contribution in [-0.4, -0.2) is 29.3 Å². The largest absolute Gasteiger partial charge is 0.497 e. The second-order valence-corrected chi connectivity index (χ2v) is 9.53. The fraction of sp³-hybridized carbons (Fsp3) is 0.600. The van der Waals surface area contributed by atoms with E-state index < -0.39 is 5.97 Å². The zero-order valence-electron chi connectivity index (χ0n) is 18.7. The van der Waals surface area contributed by atoms with Gasteiger partial charge in [-0.1, -0.05) is 12.2 Å². The number of hydrogen-bond acceptors (Lipinski definition) is 3. The summed E-state index contributed by atoms with van der Waals surface area (Å²) in [6.07, 6.45) is 12.7. The lowest BCUT2D eigenvalue weighted by molar-refractivity contribution is -0.137. The van der Waals surface area contributed by atoms with Crippen LogP contribution >= 0.6 is 12.2 Å². The Morgan fingerprint density at radius 2 is 1.94 bits per heavy atom. The first kappa shape index (κ1) is 23.6. The molecule has 3 N–H and O–H groups in total. The highest BCUT2D eigenvalue weighted by molar-refractivity contribution is 7.80. The fourth-order valence-corrected chi connectivity index (χ4v) is 5.86. The van der Waals surface area contributed by atoms with Crippen molar-refractivity contribution < 1.29 is 14.6 Å². The van der Waals surface area contributed by atoms with Gasteiger partial charge in [-0.05, 0) is 112 Å². The lowest BCUT2D eigenvalue weighted by Gasteiger charge is -2.33. The summed E-state index contributed by atoms with van der Waals surface area (Å²) in [4.78, 5) is 10.6. The van der Waals surface area contributed by atoms with E-state index in [1.54, 1.807) is 7.11 Å². The van der Waals surface area contributed by atoms with E-state index in [1.165, 1.54) is 19.3 Å². The molecule has 0 aliphatic heterocycles. The van der Waals surface area contributed by atoms with E-state index in [1.807, 2.05) is 24.3 Å². The van der Waals surface area contributed by atoms with E-state index in [0.717, 1.165) is 60.8 Å². The van der Waals surface area contributed by atoms with Gasteiger partial charge in [-0.3, -0.25) is 4.79 Å². The standard InChI is InChI=1S/C25H36N2O3S/c1-17(26-25(31)27-20-11-13-21(30-2)14-12-20)15-23-19-10-9-18(16-19)22(23)7-5-3-4-6-8-24(28)29/h3,5,11-14,17-19,22-23H,4,6-10,15-16H2,1-2H3,(H,28,29)(H2,26,27,31). The predicted molar refractivity (Wildman–Crippen MR) is 129 cm³/mol. The number of nitrogens with one attached hydrogen (secondary N) is 2. The Morgan fingerprint density at radius 1 is 1.23 bits per heavy atom. The van der Waals surface area contributed by atoms with Crippen molar-refractivity contribution in [2.24, 2.45) is 23.7 Å². The number of anilines is 1. The number of carboxylic acid groups (broad SMARTS) is 1. The molecule has 170 valence electrons. The van der Waals surface area contributed by atoms with Gasteiger partial charge >= 0.3 is 5.97 Å². The highest BCUT2D eigenvalue weighted by Gasteiger charge is 2.46. The number of ether oxygens (including phenoxy) is 1. The highest BCUT2D eigenvalue weighted by atomic mass is 32.1. The molecule has 2 aliphatic rings. The number of aliphatic carboxylic acids is 1. The van der Waals surface area contributed by atoms with Gasteiger partial charge in [-0.25, -0.2) is 0 Å². The molecule has 0 spiro atoms. The monoisotopic (exact) mass is 444 g/mol. The number of fused-ring (bicyclic) bond motifs is 2. The first-order chi connectivity index (χ1) is 15.0. The third-order valence-electron chi connectivity index (χ3n) is 6.96. The average molecular weight is 445 g/mol. The Bertz CT molecular complexity index is 765. The van der Waals surface area contributed by atoms with Gasteiger partial charge in [-0.2, -0.15) is 0 Å². The molecule has 0 amide bonds. The van der Waals surface area contributed by atoms with Crippen molar-refractivity contribution >= 4 is 29.0 Å². The summed E-state index contributed by atoms with van der Waals surface area (Å²) in [5, 5.41) is 16.2. The number of rotatable bonds is 11. The zero-order valence-corrected chi connectivity index (χ0v) is 19.5. The van der Waals surface area contributed by atoms with Gasteiger partial charge in [0.2, 0.25) is 0 Å². The van der Waals surface area contributed by atoms with Crippen LogP contribution in [0, 0.1) is 23.7 Å². The van der Waals surface area contributed by atoms with Crippen LogP contribution in [0.5, 0.6) is 5.75 Å². The number of carbonyl (C=O) groups is 1. The molecule has 3 rings (SSSR count). The molecule has 31 heavy (non-hydrogen) atoms. The third-order valence-corrected chi connectivity index (χ3v) is 7.18. The maximum absolute atomic E-state index is 10.6. The van der Waals surface area contributed by atoms with Crippen molar-refractivity contribution in [3.05, 3.63) is 36.4 Å². The summed E-state index contributed by atoms with van der Waals surface area (Å²) in [6.45, 7) is 2.23. The smallest absolute Gasteiger partial charge is 0.303 e. The van der Waals surface area contributed by atoms with Crippen molar-refractivity contribution in [1.29, 1.82) is 0 Å². The van der Waals surface area contributed by atoms with Crippen molar-refractivity contribution in [2.45, 2.75) is 64.3 Å². The Morgan fingerprint density at radius 3 is 2.61 bits per heavy atom. The lowest BCUT2D eigenvalue weighted by Crippen LogP contribution is -2.38. The van der Waals surface area contributed by atoms with Crippen LogP contribution < -0.4 is 15.4 Å². The van der Waals surface area contributed by atoms with Crippen molar-refractivity contribution in [3.8, 4) is 5.75 Å². The molecule has 6 heteroatoms. The topological polar surface area (TPSA) is 70.6 Å². The SMILES string of the molecule is COc1ccc(NC(=S)NC(C)CC2C3CCC(C3)C2CC=CCCCC(=O)O)cc1. The number of benzene rings is 1. The summed E-state index contributed by atoms with van der Waals surface area (Å²) in [5.41, 5.74) is 0.955. The summed E-state index contributed by atoms with van der Waals surface area (Å²) >= 11 is 5.53. The second-order valence-electron chi connectivity index (χ2n) is 9.12. The average Bonchev–Trinajstić information content (AvgIpc) is 3.33. The molecule has 2 fully saturated rings. The molecule has 2 aliphatic carbocycles. The van der Waals surface area contributed by atoms with Crippen LogP contribution in [0.25, 0.3) is 0 Å². The van der Waals surface area contributed by atoms with E-state index >= 15 is 0 Å². The molecule has 0 radical (unpaired) electrons. The Kier molecular flexibility index (Phi) is 8.76. The van der Waals surface area contributed by atoms with Crippen LogP contribution in [0.15, 0.2) is 36.4 Å². The minimum absolute atomic E-state index is 0.259. The number of allylic oxidation sites excluding steroid dienone is 2. The van der Waals surface area contributed by atoms with Crippen LogP contribution in [0.1, 0.15) is 58.3 Å². The highest BCUT2D eigenvalue weighted by Crippen LogP contribution is 2.55. The molecule has 1 aromatic carbocycles. The van der Waals surface area contributed by atoms with Gasteiger partial charge in [0.05, 0.1) is 7.11 Å². The quantitative estimate of drug-likeness (QED) is 0.234. The molecule has 2 bridgehead atoms. The molecule has 5 atom stereocenters. The number of hydrogen-bond donors (Lipinski definition) is 3. The first-order valence-corrected chi connectivity index (χ1v) is 12.0. The Labute approximate surface area is 191 Å². The molecule has 1 aromatic rings. The van der Waals surface area contributed by atoms with Crippen LogP contribution in [-0.2, 0) is 4.79 Å². The number of unbranched alkanes of at least 4 members (excludes halogenated alkanes) is 1. The number of thiocarbonyl (C=S) groups is 1. The third kappa shape index (κ3) is 6.96. The molecular formula is C25H36N2O3S. The van der Waals surface area contributed by atoms with Crippen molar-refractivity contribution in [2.75, 3.05) is 12.4 Å². The molecule has 0 aromatic heterocycles. The predicted octanol–water partition coefficient (Wildman–Crippen LogP) is 5.62. The van der Waals surface area contributed by atoms with E-state index in [9.17, 15) is 4.79 Å². The van der Waals surface area contributed by atoms with E-state index in [-0.39, 0.29) is 6.42 Å². The first-order valence-electron chi connectivity index (χ1n) is 11.5. The molecule has 5 unspecified atom stereocenters. The van der Waals surface area contributed by atoms with Gasteiger partial charge < -0.3 is 20.5 Å². The van der Waals surface area contributed by atoms with Gasteiger partial charge in [0, 0.05) is 18.2 Å².